The van der Waals surface area contributed by atoms with Gasteiger partial charge in [-0.2, -0.15) is 9.97 Å². The average Bonchev–Trinajstić information content (AvgIpc) is 2.58. The van der Waals surface area contributed by atoms with Gasteiger partial charge < -0.3 is 18.6 Å². The van der Waals surface area contributed by atoms with Gasteiger partial charge in [0.25, 0.3) is 0 Å². The van der Waals surface area contributed by atoms with Crippen LogP contribution in [0.4, 0.5) is 0 Å². The summed E-state index contributed by atoms with van der Waals surface area (Å²) in [5.41, 5.74) is 0.649. The zero-order chi connectivity index (χ0) is 18.4. The zero-order valence-corrected chi connectivity index (χ0v) is 16.0. The Labute approximate surface area is 148 Å². The quantitative estimate of drug-likeness (QED) is 0.701. The van der Waals surface area contributed by atoms with E-state index in [2.05, 4.69) is 9.97 Å². The monoisotopic (exact) mass is 362 g/mol. The van der Waals surface area contributed by atoms with Crippen LogP contribution in [0.1, 0.15) is 11.7 Å². The lowest BCUT2D eigenvalue weighted by Crippen LogP contribution is -2.34. The molecule has 0 saturated carbocycles. The van der Waals surface area contributed by atoms with Crippen LogP contribution in [0.2, 0.25) is 19.6 Å². The Kier molecular flexibility index (Phi) is 5.97. The van der Waals surface area contributed by atoms with E-state index in [-0.39, 0.29) is 17.8 Å². The molecule has 1 heterocycles. The summed E-state index contributed by atoms with van der Waals surface area (Å²) >= 11 is 0. The van der Waals surface area contributed by atoms with Crippen LogP contribution in [0.5, 0.6) is 17.8 Å². The summed E-state index contributed by atoms with van der Waals surface area (Å²) in [6.07, 6.45) is -0.982. The topological polar surface area (TPSA) is 79.8 Å². The molecular weight excluding hydrogens is 340 g/mol. The van der Waals surface area contributed by atoms with Gasteiger partial charge in [-0.3, -0.25) is 0 Å². The Balaban J connectivity index is 2.35. The van der Waals surface area contributed by atoms with E-state index >= 15 is 0 Å². The minimum atomic E-state index is -2.09. The van der Waals surface area contributed by atoms with Crippen LogP contribution in [-0.4, -0.2) is 38.5 Å². The fourth-order valence-corrected chi connectivity index (χ4v) is 2.70. The Morgan fingerprint density at radius 3 is 2.04 bits per heavy atom. The molecule has 134 valence electrons. The maximum absolute atomic E-state index is 12.6. The summed E-state index contributed by atoms with van der Waals surface area (Å²) in [5, 5.41) is 0. The molecule has 0 amide bonds. The fraction of sp³-hybridized carbons (Fsp3) is 0.353. The summed E-state index contributed by atoms with van der Waals surface area (Å²) in [6, 6.07) is 10.6. The number of methoxy groups -OCH3 is 2. The molecule has 0 aliphatic heterocycles. The lowest BCUT2D eigenvalue weighted by molar-refractivity contribution is -0.143. The molecule has 0 aliphatic rings. The van der Waals surface area contributed by atoms with Gasteiger partial charge in [0.15, 0.2) is 0 Å². The number of rotatable bonds is 7. The third-order valence-electron chi connectivity index (χ3n) is 3.02. The van der Waals surface area contributed by atoms with Crippen molar-refractivity contribution in [3.63, 3.8) is 0 Å². The molecule has 7 nitrogen and oxygen atoms in total. The van der Waals surface area contributed by atoms with E-state index in [0.29, 0.717) is 5.56 Å². The number of ether oxygens (including phenoxy) is 3. The number of benzene rings is 1. The van der Waals surface area contributed by atoms with Crippen LogP contribution in [0.25, 0.3) is 0 Å². The number of nitrogens with zero attached hydrogens (tertiary/aromatic N) is 2. The second kappa shape index (κ2) is 7.97. The molecule has 1 aromatic heterocycles. The molecule has 0 bridgehead atoms. The third-order valence-corrected chi connectivity index (χ3v) is 3.84. The van der Waals surface area contributed by atoms with Gasteiger partial charge in [0, 0.05) is 5.56 Å². The van der Waals surface area contributed by atoms with Crippen molar-refractivity contribution < 1.29 is 23.4 Å². The van der Waals surface area contributed by atoms with Gasteiger partial charge in [-0.25, -0.2) is 4.79 Å². The van der Waals surface area contributed by atoms with Gasteiger partial charge in [-0.15, -0.1) is 0 Å². The summed E-state index contributed by atoms with van der Waals surface area (Å²) in [7, 11) is 0.855. The molecular formula is C17H22N2O5Si. The first-order valence-electron chi connectivity index (χ1n) is 7.74. The van der Waals surface area contributed by atoms with E-state index < -0.39 is 20.4 Å². The first-order chi connectivity index (χ1) is 11.8. The van der Waals surface area contributed by atoms with Crippen molar-refractivity contribution in [3.8, 4) is 17.8 Å². The van der Waals surface area contributed by atoms with Crippen LogP contribution in [0, 0.1) is 0 Å². The largest absolute Gasteiger partial charge is 0.517 e. The molecule has 0 aliphatic carbocycles. The van der Waals surface area contributed by atoms with E-state index in [1.807, 2.05) is 37.8 Å². The van der Waals surface area contributed by atoms with Gasteiger partial charge in [0.2, 0.25) is 26.2 Å². The molecule has 0 saturated heterocycles. The molecule has 0 fully saturated rings. The average molecular weight is 362 g/mol. The molecule has 1 aromatic carbocycles. The van der Waals surface area contributed by atoms with Crippen LogP contribution in [0.3, 0.4) is 0 Å². The lowest BCUT2D eigenvalue weighted by atomic mass is 10.1. The normalized spacial score (nSPS) is 12.2. The van der Waals surface area contributed by atoms with E-state index in [9.17, 15) is 4.79 Å². The fourth-order valence-electron chi connectivity index (χ4n) is 1.99. The predicted molar refractivity (Wildman–Crippen MR) is 94.4 cm³/mol. The van der Waals surface area contributed by atoms with Crippen LogP contribution >= 0.6 is 0 Å². The summed E-state index contributed by atoms with van der Waals surface area (Å²) in [4.78, 5) is 20.9. The Hall–Kier alpha value is -2.61. The van der Waals surface area contributed by atoms with Gasteiger partial charge in [-0.1, -0.05) is 30.3 Å². The Morgan fingerprint density at radius 2 is 1.56 bits per heavy atom. The van der Waals surface area contributed by atoms with E-state index in [1.165, 1.54) is 20.3 Å². The van der Waals surface area contributed by atoms with Crippen molar-refractivity contribution in [1.29, 1.82) is 0 Å². The minimum absolute atomic E-state index is 0.0300. The standard InChI is InChI=1S/C17H22N2O5Si/c1-21-13-11-14(22-2)19-17(18-13)23-15(12-9-7-6-8-10-12)16(20)24-25(3,4)5/h6-11,15H,1-5H3. The molecule has 0 N–H and O–H groups in total. The summed E-state index contributed by atoms with van der Waals surface area (Å²) < 4.78 is 21.6. The Morgan fingerprint density at radius 1 is 1.00 bits per heavy atom. The molecule has 1 unspecified atom stereocenters. The third kappa shape index (κ3) is 5.46. The highest BCUT2D eigenvalue weighted by atomic mass is 28.4. The first kappa shape index (κ1) is 18.7. The summed E-state index contributed by atoms with van der Waals surface area (Å²) in [5.74, 6) is 0.0650. The molecule has 1 atom stereocenters. The van der Waals surface area contributed by atoms with E-state index in [0.717, 1.165) is 0 Å². The van der Waals surface area contributed by atoms with Crippen molar-refractivity contribution in [2.24, 2.45) is 0 Å². The molecule has 0 spiro atoms. The van der Waals surface area contributed by atoms with Crippen molar-refractivity contribution in [1.82, 2.24) is 9.97 Å². The maximum atomic E-state index is 12.6. The number of carbonyl (C=O) groups is 1. The van der Waals surface area contributed by atoms with Gasteiger partial charge in [-0.05, 0) is 19.6 Å². The number of hydrogen-bond acceptors (Lipinski definition) is 7. The molecule has 25 heavy (non-hydrogen) atoms. The second-order valence-corrected chi connectivity index (χ2v) is 10.6. The maximum Gasteiger partial charge on any atom is 0.338 e. The first-order valence-corrected chi connectivity index (χ1v) is 11.1. The smallest absolute Gasteiger partial charge is 0.338 e. The summed E-state index contributed by atoms with van der Waals surface area (Å²) in [6.45, 7) is 5.79. The zero-order valence-electron chi connectivity index (χ0n) is 15.0. The lowest BCUT2D eigenvalue weighted by Gasteiger charge is -2.23. The highest BCUT2D eigenvalue weighted by Gasteiger charge is 2.30. The van der Waals surface area contributed by atoms with Crippen molar-refractivity contribution >= 4 is 14.3 Å². The van der Waals surface area contributed by atoms with Crippen LogP contribution < -0.4 is 14.2 Å². The number of hydrogen-bond donors (Lipinski definition) is 0. The predicted octanol–water partition coefficient (Wildman–Crippen LogP) is 2.99. The van der Waals surface area contributed by atoms with Gasteiger partial charge in [0.1, 0.15) is 0 Å². The van der Waals surface area contributed by atoms with E-state index in [4.69, 9.17) is 18.6 Å². The van der Waals surface area contributed by atoms with Crippen molar-refractivity contribution in [2.45, 2.75) is 25.7 Å². The second-order valence-electron chi connectivity index (χ2n) is 6.18. The van der Waals surface area contributed by atoms with Gasteiger partial charge >= 0.3 is 12.0 Å². The minimum Gasteiger partial charge on any atom is -0.517 e. The molecule has 0 radical (unpaired) electrons. The number of carbonyl (C=O) groups excluding carboxylic acids is 1. The van der Waals surface area contributed by atoms with Crippen molar-refractivity contribution in [3.05, 3.63) is 42.0 Å². The van der Waals surface area contributed by atoms with Crippen LogP contribution in [-0.2, 0) is 9.22 Å². The highest BCUT2D eigenvalue weighted by molar-refractivity contribution is 6.71. The van der Waals surface area contributed by atoms with Crippen molar-refractivity contribution in [2.75, 3.05) is 14.2 Å². The van der Waals surface area contributed by atoms with Gasteiger partial charge in [0.05, 0.1) is 20.3 Å². The highest BCUT2D eigenvalue weighted by Crippen LogP contribution is 2.26. The molecule has 2 aromatic rings. The molecule has 8 heteroatoms. The SMILES string of the molecule is COc1cc(OC)nc(OC(C(=O)O[Si](C)(C)C)c2ccccc2)n1. The van der Waals surface area contributed by atoms with Crippen LogP contribution in [0.15, 0.2) is 36.4 Å². The number of aromatic nitrogens is 2. The Bertz CT molecular complexity index is 696. The van der Waals surface area contributed by atoms with E-state index in [1.54, 1.807) is 12.1 Å². The molecule has 2 rings (SSSR count).